The molecule has 0 saturated heterocycles. The lowest BCUT2D eigenvalue weighted by molar-refractivity contribution is 0.0987. The Morgan fingerprint density at radius 2 is 2.29 bits per heavy atom. The van der Waals surface area contributed by atoms with Crippen LogP contribution in [0.1, 0.15) is 23.0 Å². The summed E-state index contributed by atoms with van der Waals surface area (Å²) in [4.78, 5) is 18.1. The maximum Gasteiger partial charge on any atom is 0.261 e. The van der Waals surface area contributed by atoms with Gasteiger partial charge in [0.1, 0.15) is 6.26 Å². The number of pyridine rings is 1. The molecule has 0 aliphatic carbocycles. The number of amides is 1. The largest absolute Gasteiger partial charge is 0.472 e. The molecule has 4 nitrogen and oxygen atoms in total. The third kappa shape index (κ3) is 2.20. The normalized spacial score (nSPS) is 10.2. The lowest BCUT2D eigenvalue weighted by Gasteiger charge is -2.21. The van der Waals surface area contributed by atoms with Crippen molar-refractivity contribution in [3.63, 3.8) is 0 Å². The number of nitrogens with zero attached hydrogens (tertiary/aromatic N) is 2. The molecule has 0 aliphatic rings. The van der Waals surface area contributed by atoms with Crippen LogP contribution in [0.15, 0.2) is 41.3 Å². The van der Waals surface area contributed by atoms with Crippen molar-refractivity contribution in [2.24, 2.45) is 0 Å². The molecular weight excluding hydrogens is 216 g/mol. The highest BCUT2D eigenvalue weighted by molar-refractivity contribution is 6.06. The van der Waals surface area contributed by atoms with E-state index in [2.05, 4.69) is 4.98 Å². The van der Waals surface area contributed by atoms with Crippen molar-refractivity contribution in [3.05, 3.63) is 48.2 Å². The number of aromatic nitrogens is 1. The number of carbonyl (C=O) groups is 1. The van der Waals surface area contributed by atoms with Crippen LogP contribution in [0, 0.1) is 6.92 Å². The van der Waals surface area contributed by atoms with E-state index in [9.17, 15) is 4.79 Å². The molecule has 0 bridgehead atoms. The van der Waals surface area contributed by atoms with Gasteiger partial charge in [0, 0.05) is 12.7 Å². The van der Waals surface area contributed by atoms with Crippen molar-refractivity contribution in [1.82, 2.24) is 4.98 Å². The van der Waals surface area contributed by atoms with Gasteiger partial charge in [-0.25, -0.2) is 0 Å². The predicted molar refractivity (Wildman–Crippen MR) is 65.0 cm³/mol. The summed E-state index contributed by atoms with van der Waals surface area (Å²) in [5, 5.41) is 0. The molecular formula is C13H14N2O2. The fourth-order valence-electron chi connectivity index (χ4n) is 1.73. The molecule has 0 N–H and O–H groups in total. The SMILES string of the molecule is CCN(C(=O)c1ccoc1)c1cccnc1C. The highest BCUT2D eigenvalue weighted by atomic mass is 16.3. The zero-order chi connectivity index (χ0) is 12.3. The Hall–Kier alpha value is -2.10. The van der Waals surface area contributed by atoms with Gasteiger partial charge in [-0.1, -0.05) is 0 Å². The highest BCUT2D eigenvalue weighted by Crippen LogP contribution is 2.19. The molecule has 0 spiro atoms. The molecule has 2 heterocycles. The average molecular weight is 230 g/mol. The van der Waals surface area contributed by atoms with E-state index >= 15 is 0 Å². The lowest BCUT2D eigenvalue weighted by Crippen LogP contribution is -2.31. The van der Waals surface area contributed by atoms with Crippen LogP contribution in [-0.4, -0.2) is 17.4 Å². The Balaban J connectivity index is 2.35. The standard InChI is InChI=1S/C13H14N2O2/c1-3-15(12-5-4-7-14-10(12)2)13(16)11-6-8-17-9-11/h4-9H,3H2,1-2H3. The second kappa shape index (κ2) is 4.82. The van der Waals surface area contributed by atoms with Crippen LogP contribution >= 0.6 is 0 Å². The first kappa shape index (κ1) is 11.4. The van der Waals surface area contributed by atoms with Crippen LogP contribution in [0.5, 0.6) is 0 Å². The molecule has 0 saturated carbocycles. The summed E-state index contributed by atoms with van der Waals surface area (Å²) in [6.07, 6.45) is 4.67. The summed E-state index contributed by atoms with van der Waals surface area (Å²) in [7, 11) is 0. The summed E-state index contributed by atoms with van der Waals surface area (Å²) in [6.45, 7) is 4.42. The minimum absolute atomic E-state index is 0.0719. The van der Waals surface area contributed by atoms with E-state index in [4.69, 9.17) is 4.42 Å². The van der Waals surface area contributed by atoms with E-state index in [1.807, 2.05) is 26.0 Å². The minimum atomic E-state index is -0.0719. The molecule has 0 aromatic carbocycles. The Kier molecular flexibility index (Phi) is 3.23. The van der Waals surface area contributed by atoms with Crippen molar-refractivity contribution in [2.75, 3.05) is 11.4 Å². The number of furan rings is 1. The average Bonchev–Trinajstić information content (AvgIpc) is 2.86. The Morgan fingerprint density at radius 3 is 2.88 bits per heavy atom. The number of hydrogen-bond acceptors (Lipinski definition) is 3. The van der Waals surface area contributed by atoms with Gasteiger partial charge in [-0.3, -0.25) is 9.78 Å². The van der Waals surface area contributed by atoms with Gasteiger partial charge in [-0.05, 0) is 32.0 Å². The smallest absolute Gasteiger partial charge is 0.261 e. The number of anilines is 1. The Labute approximate surface area is 99.9 Å². The first-order valence-electron chi connectivity index (χ1n) is 5.49. The lowest BCUT2D eigenvalue weighted by atomic mass is 10.2. The summed E-state index contributed by atoms with van der Waals surface area (Å²) in [5.74, 6) is -0.0719. The van der Waals surface area contributed by atoms with Crippen molar-refractivity contribution in [2.45, 2.75) is 13.8 Å². The van der Waals surface area contributed by atoms with Gasteiger partial charge in [0.2, 0.25) is 0 Å². The number of hydrogen-bond donors (Lipinski definition) is 0. The second-order valence-electron chi connectivity index (χ2n) is 3.67. The molecule has 2 aromatic rings. The summed E-state index contributed by atoms with van der Waals surface area (Å²) in [6, 6.07) is 5.38. The summed E-state index contributed by atoms with van der Waals surface area (Å²) < 4.78 is 4.93. The predicted octanol–water partition coefficient (Wildman–Crippen LogP) is 2.65. The van der Waals surface area contributed by atoms with Crippen LogP contribution in [0.3, 0.4) is 0 Å². The van der Waals surface area contributed by atoms with Crippen LogP contribution < -0.4 is 4.90 Å². The fraction of sp³-hybridized carbons (Fsp3) is 0.231. The molecule has 1 amide bonds. The van der Waals surface area contributed by atoms with Gasteiger partial charge in [-0.15, -0.1) is 0 Å². The molecule has 0 unspecified atom stereocenters. The fourth-order valence-corrected chi connectivity index (χ4v) is 1.73. The maximum absolute atomic E-state index is 12.2. The second-order valence-corrected chi connectivity index (χ2v) is 3.67. The molecule has 0 atom stereocenters. The molecule has 4 heteroatoms. The molecule has 2 rings (SSSR count). The van der Waals surface area contributed by atoms with E-state index < -0.39 is 0 Å². The molecule has 88 valence electrons. The van der Waals surface area contributed by atoms with Gasteiger partial charge in [-0.2, -0.15) is 0 Å². The number of rotatable bonds is 3. The van der Waals surface area contributed by atoms with Gasteiger partial charge in [0.05, 0.1) is 23.2 Å². The molecule has 17 heavy (non-hydrogen) atoms. The highest BCUT2D eigenvalue weighted by Gasteiger charge is 2.18. The minimum Gasteiger partial charge on any atom is -0.472 e. The quantitative estimate of drug-likeness (QED) is 0.814. The van der Waals surface area contributed by atoms with Crippen molar-refractivity contribution in [1.29, 1.82) is 0 Å². The third-order valence-electron chi connectivity index (χ3n) is 2.60. The molecule has 0 radical (unpaired) electrons. The van der Waals surface area contributed by atoms with E-state index in [1.165, 1.54) is 12.5 Å². The zero-order valence-electron chi connectivity index (χ0n) is 9.88. The Morgan fingerprint density at radius 1 is 1.47 bits per heavy atom. The van der Waals surface area contributed by atoms with Gasteiger partial charge in [0.25, 0.3) is 5.91 Å². The van der Waals surface area contributed by atoms with Gasteiger partial charge < -0.3 is 9.32 Å². The summed E-state index contributed by atoms with van der Waals surface area (Å²) in [5.41, 5.74) is 2.22. The molecule has 0 fully saturated rings. The van der Waals surface area contributed by atoms with Gasteiger partial charge >= 0.3 is 0 Å². The van der Waals surface area contributed by atoms with E-state index in [0.29, 0.717) is 12.1 Å². The van der Waals surface area contributed by atoms with Gasteiger partial charge in [0.15, 0.2) is 0 Å². The number of aryl methyl sites for hydroxylation is 1. The Bertz CT molecular complexity index is 506. The van der Waals surface area contributed by atoms with Crippen LogP contribution in [0.2, 0.25) is 0 Å². The molecule has 2 aromatic heterocycles. The number of carbonyl (C=O) groups excluding carboxylic acids is 1. The monoisotopic (exact) mass is 230 g/mol. The third-order valence-corrected chi connectivity index (χ3v) is 2.60. The van der Waals surface area contributed by atoms with Crippen LogP contribution in [0.25, 0.3) is 0 Å². The van der Waals surface area contributed by atoms with E-state index in [0.717, 1.165) is 11.4 Å². The molecule has 0 aliphatic heterocycles. The zero-order valence-corrected chi connectivity index (χ0v) is 9.88. The maximum atomic E-state index is 12.2. The van der Waals surface area contributed by atoms with Crippen LogP contribution in [0.4, 0.5) is 5.69 Å². The van der Waals surface area contributed by atoms with E-state index in [1.54, 1.807) is 17.2 Å². The van der Waals surface area contributed by atoms with E-state index in [-0.39, 0.29) is 5.91 Å². The topological polar surface area (TPSA) is 46.3 Å². The first-order chi connectivity index (χ1) is 8.24. The van der Waals surface area contributed by atoms with Crippen molar-refractivity contribution < 1.29 is 9.21 Å². The van der Waals surface area contributed by atoms with Crippen molar-refractivity contribution in [3.8, 4) is 0 Å². The summed E-state index contributed by atoms with van der Waals surface area (Å²) >= 11 is 0. The van der Waals surface area contributed by atoms with Crippen LogP contribution in [-0.2, 0) is 0 Å². The first-order valence-corrected chi connectivity index (χ1v) is 5.49. The van der Waals surface area contributed by atoms with Crippen molar-refractivity contribution >= 4 is 11.6 Å².